The highest BCUT2D eigenvalue weighted by Crippen LogP contribution is 2.25. The third kappa shape index (κ3) is 3.47. The lowest BCUT2D eigenvalue weighted by atomic mass is 9.96. The van der Waals surface area contributed by atoms with E-state index in [0.717, 1.165) is 19.1 Å². The number of hydrogen-bond donors (Lipinski definition) is 1. The topological polar surface area (TPSA) is 18.5 Å². The summed E-state index contributed by atoms with van der Waals surface area (Å²) >= 11 is 0. The fourth-order valence-electron chi connectivity index (χ4n) is 3.93. The zero-order chi connectivity index (χ0) is 14.7. The first-order valence-electron chi connectivity index (χ1n) is 8.47. The normalized spacial score (nSPS) is 27.5. The molecule has 2 heterocycles. The van der Waals surface area contributed by atoms with Gasteiger partial charge in [-0.15, -0.1) is 0 Å². The van der Waals surface area contributed by atoms with E-state index < -0.39 is 0 Å². The molecule has 0 aromatic heterocycles. The molecule has 1 N–H and O–H groups in total. The van der Waals surface area contributed by atoms with Gasteiger partial charge in [-0.2, -0.15) is 0 Å². The van der Waals surface area contributed by atoms with Crippen molar-refractivity contribution in [3.8, 4) is 0 Å². The molecule has 2 saturated heterocycles. The molecule has 3 rings (SSSR count). The average Bonchev–Trinajstić information content (AvgIpc) is 2.50. The number of nitrogens with one attached hydrogen (secondary N) is 1. The first-order chi connectivity index (χ1) is 10.3. The molecule has 3 heteroatoms. The molecule has 0 bridgehead atoms. The summed E-state index contributed by atoms with van der Waals surface area (Å²) in [6, 6.07) is 10.3. The molecular formula is C18H29N3. The van der Waals surface area contributed by atoms with Gasteiger partial charge in [-0.3, -0.25) is 9.80 Å². The van der Waals surface area contributed by atoms with E-state index >= 15 is 0 Å². The predicted octanol–water partition coefficient (Wildman–Crippen LogP) is 2.46. The van der Waals surface area contributed by atoms with Crippen LogP contribution in [0.25, 0.3) is 0 Å². The van der Waals surface area contributed by atoms with Crippen LogP contribution >= 0.6 is 0 Å². The standard InChI is InChI=1S/C18H29N3/c1-15-12-20-10-6-5-9-18(20)14-21(15)13-17-8-4-3-7-16(17)11-19-2/h3-4,7-8,15,18-19H,5-6,9-14H2,1-2H3. The van der Waals surface area contributed by atoms with Crippen molar-refractivity contribution < 1.29 is 0 Å². The lowest BCUT2D eigenvalue weighted by molar-refractivity contribution is 0.0109. The van der Waals surface area contributed by atoms with Crippen molar-refractivity contribution >= 4 is 0 Å². The molecule has 2 atom stereocenters. The highest BCUT2D eigenvalue weighted by molar-refractivity contribution is 5.27. The van der Waals surface area contributed by atoms with E-state index in [1.54, 1.807) is 0 Å². The van der Waals surface area contributed by atoms with Gasteiger partial charge in [0.15, 0.2) is 0 Å². The van der Waals surface area contributed by atoms with Crippen molar-refractivity contribution in [2.75, 3.05) is 26.7 Å². The maximum Gasteiger partial charge on any atom is 0.0240 e. The molecular weight excluding hydrogens is 258 g/mol. The van der Waals surface area contributed by atoms with Gasteiger partial charge in [-0.1, -0.05) is 30.7 Å². The molecule has 1 aromatic rings. The fraction of sp³-hybridized carbons (Fsp3) is 0.667. The van der Waals surface area contributed by atoms with Crippen LogP contribution in [-0.4, -0.2) is 48.6 Å². The minimum Gasteiger partial charge on any atom is -0.316 e. The highest BCUT2D eigenvalue weighted by atomic mass is 15.3. The fourth-order valence-corrected chi connectivity index (χ4v) is 3.93. The number of nitrogens with zero attached hydrogens (tertiary/aromatic N) is 2. The molecule has 0 aliphatic carbocycles. The van der Waals surface area contributed by atoms with Gasteiger partial charge in [-0.05, 0) is 44.5 Å². The van der Waals surface area contributed by atoms with Crippen LogP contribution in [0.15, 0.2) is 24.3 Å². The molecule has 2 aliphatic rings. The first kappa shape index (κ1) is 15.0. The van der Waals surface area contributed by atoms with Gasteiger partial charge in [0.2, 0.25) is 0 Å². The van der Waals surface area contributed by atoms with Crippen LogP contribution in [0.2, 0.25) is 0 Å². The monoisotopic (exact) mass is 287 g/mol. The Morgan fingerprint density at radius 2 is 1.95 bits per heavy atom. The smallest absolute Gasteiger partial charge is 0.0240 e. The molecule has 0 saturated carbocycles. The molecule has 0 spiro atoms. The van der Waals surface area contributed by atoms with Crippen LogP contribution in [0.5, 0.6) is 0 Å². The number of rotatable bonds is 4. The number of piperazine rings is 1. The molecule has 0 radical (unpaired) electrons. The molecule has 116 valence electrons. The van der Waals surface area contributed by atoms with E-state index in [9.17, 15) is 0 Å². The second kappa shape index (κ2) is 6.91. The second-order valence-electron chi connectivity index (χ2n) is 6.72. The average molecular weight is 287 g/mol. The third-order valence-corrected chi connectivity index (χ3v) is 5.18. The van der Waals surface area contributed by atoms with Crippen LogP contribution in [0.1, 0.15) is 37.3 Å². The molecule has 1 aromatic carbocycles. The SMILES string of the molecule is CNCc1ccccc1CN1CC2CCCCN2CC1C. The molecule has 21 heavy (non-hydrogen) atoms. The van der Waals surface area contributed by atoms with Gasteiger partial charge in [0.1, 0.15) is 0 Å². The Labute approximate surface area is 129 Å². The highest BCUT2D eigenvalue weighted by Gasteiger charge is 2.32. The summed E-state index contributed by atoms with van der Waals surface area (Å²) in [5, 5.41) is 3.29. The van der Waals surface area contributed by atoms with E-state index in [4.69, 9.17) is 0 Å². The lowest BCUT2D eigenvalue weighted by Gasteiger charge is -2.47. The van der Waals surface area contributed by atoms with Crippen molar-refractivity contribution in [2.24, 2.45) is 0 Å². The Hall–Kier alpha value is -0.900. The van der Waals surface area contributed by atoms with Crippen LogP contribution in [0.3, 0.4) is 0 Å². The molecule has 2 unspecified atom stereocenters. The van der Waals surface area contributed by atoms with Gasteiger partial charge in [0.25, 0.3) is 0 Å². The maximum atomic E-state index is 3.29. The minimum absolute atomic E-state index is 0.669. The number of benzene rings is 1. The van der Waals surface area contributed by atoms with Gasteiger partial charge >= 0.3 is 0 Å². The Bertz CT molecular complexity index is 460. The van der Waals surface area contributed by atoms with Gasteiger partial charge in [0, 0.05) is 38.3 Å². The Morgan fingerprint density at radius 3 is 2.76 bits per heavy atom. The van der Waals surface area contributed by atoms with Gasteiger partial charge in [-0.25, -0.2) is 0 Å². The zero-order valence-electron chi connectivity index (χ0n) is 13.5. The predicted molar refractivity (Wildman–Crippen MR) is 88.3 cm³/mol. The Balaban J connectivity index is 1.69. The third-order valence-electron chi connectivity index (χ3n) is 5.18. The van der Waals surface area contributed by atoms with Crippen LogP contribution in [0, 0.1) is 0 Å². The number of fused-ring (bicyclic) bond motifs is 1. The largest absolute Gasteiger partial charge is 0.316 e. The quantitative estimate of drug-likeness (QED) is 0.918. The lowest BCUT2D eigenvalue weighted by Crippen LogP contribution is -2.58. The van der Waals surface area contributed by atoms with Crippen molar-refractivity contribution in [1.82, 2.24) is 15.1 Å². The Morgan fingerprint density at radius 1 is 1.14 bits per heavy atom. The zero-order valence-corrected chi connectivity index (χ0v) is 13.5. The van der Waals surface area contributed by atoms with Gasteiger partial charge in [0.05, 0.1) is 0 Å². The van der Waals surface area contributed by atoms with E-state index in [-0.39, 0.29) is 0 Å². The van der Waals surface area contributed by atoms with E-state index in [2.05, 4.69) is 46.3 Å². The number of piperidine rings is 1. The summed E-state index contributed by atoms with van der Waals surface area (Å²) in [6.07, 6.45) is 4.20. The number of hydrogen-bond acceptors (Lipinski definition) is 3. The first-order valence-corrected chi connectivity index (χ1v) is 8.47. The molecule has 3 nitrogen and oxygen atoms in total. The van der Waals surface area contributed by atoms with Crippen LogP contribution in [-0.2, 0) is 13.1 Å². The van der Waals surface area contributed by atoms with Crippen molar-refractivity contribution in [3.05, 3.63) is 35.4 Å². The minimum atomic E-state index is 0.669. The van der Waals surface area contributed by atoms with Crippen molar-refractivity contribution in [3.63, 3.8) is 0 Å². The van der Waals surface area contributed by atoms with Gasteiger partial charge < -0.3 is 5.32 Å². The van der Waals surface area contributed by atoms with Crippen molar-refractivity contribution in [1.29, 1.82) is 0 Å². The molecule has 2 aliphatic heterocycles. The summed E-state index contributed by atoms with van der Waals surface area (Å²) in [5.41, 5.74) is 2.93. The van der Waals surface area contributed by atoms with E-state index in [1.165, 1.54) is 50.0 Å². The summed E-state index contributed by atoms with van der Waals surface area (Å²) in [7, 11) is 2.03. The van der Waals surface area contributed by atoms with E-state index in [1.807, 2.05) is 7.05 Å². The van der Waals surface area contributed by atoms with Crippen LogP contribution < -0.4 is 5.32 Å². The summed E-state index contributed by atoms with van der Waals surface area (Å²) in [6.45, 7) is 8.27. The Kier molecular flexibility index (Phi) is 4.94. The summed E-state index contributed by atoms with van der Waals surface area (Å²) in [5.74, 6) is 0. The van der Waals surface area contributed by atoms with Crippen LogP contribution in [0.4, 0.5) is 0 Å². The maximum absolute atomic E-state index is 3.29. The summed E-state index contributed by atoms with van der Waals surface area (Å²) in [4.78, 5) is 5.42. The molecule has 0 amide bonds. The van der Waals surface area contributed by atoms with Crippen molar-refractivity contribution in [2.45, 2.75) is 51.4 Å². The van der Waals surface area contributed by atoms with E-state index in [0.29, 0.717) is 6.04 Å². The second-order valence-corrected chi connectivity index (χ2v) is 6.72. The summed E-state index contributed by atoms with van der Waals surface area (Å²) < 4.78 is 0. The molecule has 2 fully saturated rings.